The van der Waals surface area contributed by atoms with Crippen LogP contribution in [0.15, 0.2) is 18.2 Å². The van der Waals surface area contributed by atoms with Crippen LogP contribution in [0, 0.1) is 5.82 Å². The number of carbonyl (C=O) groups is 1. The lowest BCUT2D eigenvalue weighted by Crippen LogP contribution is -2.15. The first-order chi connectivity index (χ1) is 9.52. The predicted molar refractivity (Wildman–Crippen MR) is 69.8 cm³/mol. The van der Waals surface area contributed by atoms with E-state index in [2.05, 4.69) is 15.5 Å². The van der Waals surface area contributed by atoms with Gasteiger partial charge < -0.3 is 5.11 Å². The van der Waals surface area contributed by atoms with E-state index in [0.29, 0.717) is 17.8 Å². The Balaban J connectivity index is 2.43. The van der Waals surface area contributed by atoms with E-state index in [1.807, 2.05) is 6.92 Å². The molecule has 0 aliphatic rings. The normalized spacial score (nSPS) is 12.3. The zero-order valence-electron chi connectivity index (χ0n) is 10.6. The van der Waals surface area contributed by atoms with E-state index in [1.54, 1.807) is 0 Å². The van der Waals surface area contributed by atoms with Crippen molar-refractivity contribution in [1.82, 2.24) is 20.2 Å². The molecule has 2 aromatic rings. The fraction of sp³-hybridized carbons (Fsp3) is 0.333. The number of nitrogens with zero attached hydrogens (tertiary/aromatic N) is 4. The van der Waals surface area contributed by atoms with Gasteiger partial charge in [0.1, 0.15) is 5.82 Å². The van der Waals surface area contributed by atoms with Crippen molar-refractivity contribution in [2.45, 2.75) is 25.8 Å². The minimum atomic E-state index is -0.941. The van der Waals surface area contributed by atoms with Gasteiger partial charge in [-0.05, 0) is 35.0 Å². The van der Waals surface area contributed by atoms with Crippen LogP contribution in [-0.2, 0) is 4.79 Å². The molecular formula is C12H12ClFN4O2. The van der Waals surface area contributed by atoms with Crippen molar-refractivity contribution >= 4 is 17.6 Å². The number of tetrazole rings is 1. The lowest BCUT2D eigenvalue weighted by Gasteiger charge is -2.14. The Hall–Kier alpha value is -2.02. The highest BCUT2D eigenvalue weighted by molar-refractivity contribution is 6.33. The van der Waals surface area contributed by atoms with Crippen LogP contribution < -0.4 is 0 Å². The van der Waals surface area contributed by atoms with Crippen LogP contribution in [0.5, 0.6) is 0 Å². The minimum absolute atomic E-state index is 0.104. The molecule has 2 rings (SSSR count). The summed E-state index contributed by atoms with van der Waals surface area (Å²) in [5.74, 6) is -1.08. The van der Waals surface area contributed by atoms with Gasteiger partial charge in [0, 0.05) is 5.56 Å². The molecule has 1 unspecified atom stereocenters. The molecule has 1 heterocycles. The van der Waals surface area contributed by atoms with E-state index in [1.165, 1.54) is 16.8 Å². The van der Waals surface area contributed by atoms with Crippen molar-refractivity contribution in [1.29, 1.82) is 0 Å². The Morgan fingerprint density at radius 3 is 2.90 bits per heavy atom. The number of carboxylic acids is 1. The number of carboxylic acid groups (broad SMARTS) is 1. The van der Waals surface area contributed by atoms with Crippen molar-refractivity contribution in [3.63, 3.8) is 0 Å². The first-order valence-electron chi connectivity index (χ1n) is 5.98. The fourth-order valence-electron chi connectivity index (χ4n) is 1.89. The molecule has 0 bridgehead atoms. The Kier molecular flexibility index (Phi) is 4.29. The third-order valence-electron chi connectivity index (χ3n) is 2.89. The van der Waals surface area contributed by atoms with Crippen LogP contribution in [0.3, 0.4) is 0 Å². The average Bonchev–Trinajstić information content (AvgIpc) is 2.84. The SMILES string of the molecule is CCC(CC(=O)O)n1nnnc1-c1ccc(F)cc1Cl. The molecule has 0 saturated carbocycles. The summed E-state index contributed by atoms with van der Waals surface area (Å²) in [7, 11) is 0. The number of aliphatic carboxylic acids is 1. The first-order valence-corrected chi connectivity index (χ1v) is 6.35. The molecule has 0 spiro atoms. The molecule has 1 aromatic heterocycles. The van der Waals surface area contributed by atoms with Crippen LogP contribution in [-0.4, -0.2) is 31.3 Å². The summed E-state index contributed by atoms with van der Waals surface area (Å²) in [5, 5.41) is 20.3. The maximum absolute atomic E-state index is 13.1. The van der Waals surface area contributed by atoms with Crippen molar-refractivity contribution in [2.75, 3.05) is 0 Å². The summed E-state index contributed by atoms with van der Waals surface area (Å²) in [6, 6.07) is 3.48. The van der Waals surface area contributed by atoms with Crippen LogP contribution in [0.2, 0.25) is 5.02 Å². The molecule has 0 fully saturated rings. The van der Waals surface area contributed by atoms with E-state index in [9.17, 15) is 9.18 Å². The lowest BCUT2D eigenvalue weighted by atomic mass is 10.1. The molecule has 106 valence electrons. The Morgan fingerprint density at radius 2 is 2.30 bits per heavy atom. The van der Waals surface area contributed by atoms with E-state index < -0.39 is 17.8 Å². The predicted octanol–water partition coefficient (Wildman–Crippen LogP) is 2.56. The van der Waals surface area contributed by atoms with Crippen molar-refractivity contribution in [3.05, 3.63) is 29.0 Å². The fourth-order valence-corrected chi connectivity index (χ4v) is 2.14. The monoisotopic (exact) mass is 298 g/mol. The Morgan fingerprint density at radius 1 is 1.55 bits per heavy atom. The van der Waals surface area contributed by atoms with Crippen molar-refractivity contribution in [2.24, 2.45) is 0 Å². The largest absolute Gasteiger partial charge is 0.481 e. The summed E-state index contributed by atoms with van der Waals surface area (Å²) >= 11 is 5.98. The third-order valence-corrected chi connectivity index (χ3v) is 3.20. The summed E-state index contributed by atoms with van der Waals surface area (Å²) in [6.07, 6.45) is 0.441. The summed E-state index contributed by atoms with van der Waals surface area (Å²) in [5.41, 5.74) is 0.460. The van der Waals surface area contributed by atoms with E-state index in [4.69, 9.17) is 16.7 Å². The van der Waals surface area contributed by atoms with Gasteiger partial charge in [-0.15, -0.1) is 5.10 Å². The van der Waals surface area contributed by atoms with Gasteiger partial charge >= 0.3 is 5.97 Å². The van der Waals surface area contributed by atoms with Crippen LogP contribution >= 0.6 is 11.6 Å². The van der Waals surface area contributed by atoms with Crippen molar-refractivity contribution in [3.8, 4) is 11.4 Å². The highest BCUT2D eigenvalue weighted by Crippen LogP contribution is 2.29. The number of benzene rings is 1. The van der Waals surface area contributed by atoms with Gasteiger partial charge in [0.25, 0.3) is 0 Å². The van der Waals surface area contributed by atoms with Crippen LogP contribution in [0.4, 0.5) is 4.39 Å². The molecule has 1 N–H and O–H groups in total. The number of aromatic nitrogens is 4. The molecule has 0 saturated heterocycles. The second-order valence-electron chi connectivity index (χ2n) is 4.23. The number of rotatable bonds is 5. The van der Waals surface area contributed by atoms with Gasteiger partial charge in [0.2, 0.25) is 0 Å². The summed E-state index contributed by atoms with van der Waals surface area (Å²) in [4.78, 5) is 10.9. The Bertz CT molecular complexity index is 632. The zero-order chi connectivity index (χ0) is 14.7. The number of hydrogen-bond acceptors (Lipinski definition) is 4. The lowest BCUT2D eigenvalue weighted by molar-refractivity contribution is -0.138. The molecule has 8 heteroatoms. The standard InChI is InChI=1S/C12H12ClFN4O2/c1-2-8(6-11(19)20)18-12(15-16-17-18)9-4-3-7(14)5-10(9)13/h3-5,8H,2,6H2,1H3,(H,19,20). The average molecular weight is 299 g/mol. The first kappa shape index (κ1) is 14.4. The van der Waals surface area contributed by atoms with Gasteiger partial charge in [-0.2, -0.15) is 0 Å². The molecule has 0 aliphatic heterocycles. The molecule has 6 nitrogen and oxygen atoms in total. The van der Waals surface area contributed by atoms with Crippen LogP contribution in [0.25, 0.3) is 11.4 Å². The van der Waals surface area contributed by atoms with Crippen molar-refractivity contribution < 1.29 is 14.3 Å². The summed E-state index contributed by atoms with van der Waals surface area (Å²) < 4.78 is 14.5. The smallest absolute Gasteiger partial charge is 0.305 e. The van der Waals surface area contributed by atoms with Gasteiger partial charge in [-0.1, -0.05) is 18.5 Å². The third kappa shape index (κ3) is 2.93. The maximum Gasteiger partial charge on any atom is 0.305 e. The van der Waals surface area contributed by atoms with E-state index in [0.717, 1.165) is 6.07 Å². The molecule has 0 aliphatic carbocycles. The quantitative estimate of drug-likeness (QED) is 0.917. The summed E-state index contributed by atoms with van der Waals surface area (Å²) in [6.45, 7) is 1.84. The highest BCUT2D eigenvalue weighted by atomic mass is 35.5. The second-order valence-corrected chi connectivity index (χ2v) is 4.64. The molecule has 0 radical (unpaired) electrons. The molecule has 20 heavy (non-hydrogen) atoms. The minimum Gasteiger partial charge on any atom is -0.481 e. The zero-order valence-corrected chi connectivity index (χ0v) is 11.4. The van der Waals surface area contributed by atoms with Gasteiger partial charge in [-0.3, -0.25) is 4.79 Å². The number of hydrogen-bond donors (Lipinski definition) is 1. The molecular weight excluding hydrogens is 287 g/mol. The topological polar surface area (TPSA) is 80.9 Å². The van der Waals surface area contributed by atoms with Crippen LogP contribution in [0.1, 0.15) is 25.8 Å². The molecule has 0 amide bonds. The molecule has 1 atom stereocenters. The van der Waals surface area contributed by atoms with Gasteiger partial charge in [-0.25, -0.2) is 9.07 Å². The van der Waals surface area contributed by atoms with E-state index in [-0.39, 0.29) is 11.4 Å². The molecule has 1 aromatic carbocycles. The maximum atomic E-state index is 13.1. The number of halogens is 2. The highest BCUT2D eigenvalue weighted by Gasteiger charge is 2.21. The second kappa shape index (κ2) is 5.96. The van der Waals surface area contributed by atoms with Gasteiger partial charge in [0.05, 0.1) is 17.5 Å². The Labute approximate surface area is 119 Å². The van der Waals surface area contributed by atoms with E-state index >= 15 is 0 Å². The van der Waals surface area contributed by atoms with Gasteiger partial charge in [0.15, 0.2) is 5.82 Å².